The first-order valence-corrected chi connectivity index (χ1v) is 11.3. The van der Waals surface area contributed by atoms with Gasteiger partial charge in [0, 0.05) is 6.54 Å². The molecule has 0 spiro atoms. The topological polar surface area (TPSA) is 64.6 Å². The Kier molecular flexibility index (Phi) is 6.07. The number of nitrogens with one attached hydrogen (secondary N) is 1. The SMILES string of the molecule is O=C(NC[C@@H]1[C@@H](COC(=O)c2c3ccccc3cc3ccccc23)C1(F)F)OCc1ccccc1. The van der Waals surface area contributed by atoms with Crippen LogP contribution in [0, 0.1) is 11.8 Å². The van der Waals surface area contributed by atoms with E-state index in [9.17, 15) is 18.4 Å². The molecule has 4 aromatic carbocycles. The Labute approximate surface area is 200 Å². The minimum absolute atomic E-state index is 0.0494. The average Bonchev–Trinajstić information content (AvgIpc) is 3.41. The van der Waals surface area contributed by atoms with Gasteiger partial charge in [-0.05, 0) is 33.2 Å². The molecule has 7 heteroatoms. The molecule has 1 amide bonds. The van der Waals surface area contributed by atoms with Gasteiger partial charge in [-0.1, -0.05) is 78.9 Å². The lowest BCUT2D eigenvalue weighted by atomic mass is 9.97. The van der Waals surface area contributed by atoms with Crippen LogP contribution in [0.4, 0.5) is 13.6 Å². The minimum atomic E-state index is -3.03. The molecule has 2 atom stereocenters. The standard InChI is InChI=1S/C28H23F2NO4/c29-28(30)23(15-31-27(33)35-16-18-8-2-1-3-9-18)24(28)17-34-26(32)25-21-12-6-4-10-19(21)14-20-11-5-7-13-22(20)25/h1-14,23-24H,15-17H2,(H,31,33)/t23-,24-/m1/s1. The second-order valence-electron chi connectivity index (χ2n) is 8.62. The number of halogens is 2. The van der Waals surface area contributed by atoms with E-state index in [0.717, 1.165) is 16.3 Å². The highest BCUT2D eigenvalue weighted by molar-refractivity contribution is 6.16. The Hall–Kier alpha value is -4.00. The molecule has 178 valence electrons. The molecular weight excluding hydrogens is 452 g/mol. The van der Waals surface area contributed by atoms with Crippen LogP contribution in [0.1, 0.15) is 15.9 Å². The van der Waals surface area contributed by atoms with E-state index >= 15 is 0 Å². The molecule has 1 saturated carbocycles. The molecule has 1 N–H and O–H groups in total. The van der Waals surface area contributed by atoms with Crippen molar-refractivity contribution < 1.29 is 27.8 Å². The molecule has 1 aliphatic rings. The lowest BCUT2D eigenvalue weighted by molar-refractivity contribution is 0.0365. The van der Waals surface area contributed by atoms with Crippen LogP contribution in [0.5, 0.6) is 0 Å². The van der Waals surface area contributed by atoms with Crippen molar-refractivity contribution in [3.8, 4) is 0 Å². The number of benzene rings is 4. The van der Waals surface area contributed by atoms with E-state index in [-0.39, 0.29) is 13.2 Å². The van der Waals surface area contributed by atoms with E-state index in [1.807, 2.05) is 72.8 Å². The van der Waals surface area contributed by atoms with E-state index in [1.165, 1.54) is 0 Å². The zero-order chi connectivity index (χ0) is 24.4. The minimum Gasteiger partial charge on any atom is -0.462 e. The smallest absolute Gasteiger partial charge is 0.407 e. The second kappa shape index (κ2) is 9.33. The fourth-order valence-corrected chi connectivity index (χ4v) is 4.40. The van der Waals surface area contributed by atoms with Gasteiger partial charge in [-0.25, -0.2) is 18.4 Å². The zero-order valence-corrected chi connectivity index (χ0v) is 18.7. The molecule has 5 rings (SSSR count). The molecule has 5 nitrogen and oxygen atoms in total. The molecule has 0 unspecified atom stereocenters. The summed E-state index contributed by atoms with van der Waals surface area (Å²) in [4.78, 5) is 25.0. The molecule has 0 aliphatic heterocycles. The summed E-state index contributed by atoms with van der Waals surface area (Å²) >= 11 is 0. The Bertz CT molecular complexity index is 1340. The first kappa shape index (κ1) is 22.8. The van der Waals surface area contributed by atoms with Crippen molar-refractivity contribution >= 4 is 33.6 Å². The van der Waals surface area contributed by atoms with Gasteiger partial charge >= 0.3 is 12.1 Å². The van der Waals surface area contributed by atoms with Gasteiger partial charge in [0.15, 0.2) is 0 Å². The van der Waals surface area contributed by atoms with Gasteiger partial charge in [0.25, 0.3) is 5.92 Å². The number of rotatable bonds is 7. The maximum atomic E-state index is 14.3. The van der Waals surface area contributed by atoms with Crippen LogP contribution in [0.3, 0.4) is 0 Å². The van der Waals surface area contributed by atoms with Gasteiger partial charge in [0.05, 0.1) is 17.4 Å². The number of esters is 1. The summed E-state index contributed by atoms with van der Waals surface area (Å²) < 4.78 is 39.1. The number of fused-ring (bicyclic) bond motifs is 2. The van der Waals surface area contributed by atoms with Crippen LogP contribution >= 0.6 is 0 Å². The maximum absolute atomic E-state index is 14.3. The number of amides is 1. The van der Waals surface area contributed by atoms with Gasteiger partial charge in [-0.15, -0.1) is 0 Å². The van der Waals surface area contributed by atoms with Crippen LogP contribution in [0.2, 0.25) is 0 Å². The Balaban J connectivity index is 1.21. The van der Waals surface area contributed by atoms with Gasteiger partial charge in [0.2, 0.25) is 0 Å². The molecule has 0 aromatic heterocycles. The van der Waals surface area contributed by atoms with Crippen molar-refractivity contribution in [2.75, 3.05) is 13.2 Å². The molecule has 4 aromatic rings. The van der Waals surface area contributed by atoms with E-state index in [1.54, 1.807) is 12.1 Å². The second-order valence-corrected chi connectivity index (χ2v) is 8.62. The van der Waals surface area contributed by atoms with Gasteiger partial charge < -0.3 is 14.8 Å². The fraction of sp³-hybridized carbons (Fsp3) is 0.214. The van der Waals surface area contributed by atoms with Crippen molar-refractivity contribution in [2.24, 2.45) is 11.8 Å². The molecule has 0 heterocycles. The quantitative estimate of drug-likeness (QED) is 0.265. The van der Waals surface area contributed by atoms with E-state index < -0.39 is 36.4 Å². The number of hydrogen-bond acceptors (Lipinski definition) is 4. The number of carbonyl (C=O) groups excluding carboxylic acids is 2. The zero-order valence-electron chi connectivity index (χ0n) is 18.7. The number of alkyl halides is 2. The van der Waals surface area contributed by atoms with Crippen molar-refractivity contribution in [3.05, 3.63) is 96.1 Å². The van der Waals surface area contributed by atoms with Crippen LogP contribution in [0.15, 0.2) is 84.9 Å². The third-order valence-corrected chi connectivity index (χ3v) is 6.41. The predicted molar refractivity (Wildman–Crippen MR) is 128 cm³/mol. The summed E-state index contributed by atoms with van der Waals surface area (Å²) in [6.45, 7) is -0.650. The molecule has 0 radical (unpaired) electrons. The highest BCUT2D eigenvalue weighted by Gasteiger charge is 2.68. The summed E-state index contributed by atoms with van der Waals surface area (Å²) in [5, 5.41) is 5.53. The fourth-order valence-electron chi connectivity index (χ4n) is 4.40. The van der Waals surface area contributed by atoms with Crippen LogP contribution in [-0.4, -0.2) is 31.1 Å². The summed E-state index contributed by atoms with van der Waals surface area (Å²) in [7, 11) is 0. The molecule has 1 aliphatic carbocycles. The molecule has 0 bridgehead atoms. The van der Waals surface area contributed by atoms with Crippen LogP contribution in [-0.2, 0) is 16.1 Å². The lowest BCUT2D eigenvalue weighted by Gasteiger charge is -2.11. The number of alkyl carbamates (subject to hydrolysis) is 1. The van der Waals surface area contributed by atoms with E-state index in [0.29, 0.717) is 16.3 Å². The summed E-state index contributed by atoms with van der Waals surface area (Å²) in [5.74, 6) is -5.96. The summed E-state index contributed by atoms with van der Waals surface area (Å²) in [6.07, 6.45) is -0.769. The Morgan fingerprint density at radius 3 is 2.06 bits per heavy atom. The van der Waals surface area contributed by atoms with Crippen molar-refractivity contribution in [2.45, 2.75) is 12.5 Å². The van der Waals surface area contributed by atoms with E-state index in [4.69, 9.17) is 9.47 Å². The lowest BCUT2D eigenvalue weighted by Crippen LogP contribution is -2.27. The first-order valence-electron chi connectivity index (χ1n) is 11.3. The largest absolute Gasteiger partial charge is 0.462 e. The molecule has 1 fully saturated rings. The number of hydrogen-bond donors (Lipinski definition) is 1. The van der Waals surface area contributed by atoms with Gasteiger partial charge in [-0.2, -0.15) is 0 Å². The van der Waals surface area contributed by atoms with Crippen LogP contribution < -0.4 is 5.32 Å². The van der Waals surface area contributed by atoms with Crippen molar-refractivity contribution in [1.29, 1.82) is 0 Å². The Morgan fingerprint density at radius 2 is 1.40 bits per heavy atom. The highest BCUT2D eigenvalue weighted by atomic mass is 19.3. The van der Waals surface area contributed by atoms with Crippen molar-refractivity contribution in [1.82, 2.24) is 5.32 Å². The Morgan fingerprint density at radius 1 is 0.800 bits per heavy atom. The molecule has 0 saturated heterocycles. The highest BCUT2D eigenvalue weighted by Crippen LogP contribution is 2.55. The molecular formula is C28H23F2NO4. The first-order chi connectivity index (χ1) is 16.9. The van der Waals surface area contributed by atoms with Crippen LogP contribution in [0.25, 0.3) is 21.5 Å². The number of carbonyl (C=O) groups is 2. The van der Waals surface area contributed by atoms with Gasteiger partial charge in [0.1, 0.15) is 13.2 Å². The summed E-state index contributed by atoms with van der Waals surface area (Å²) in [5.41, 5.74) is 1.16. The predicted octanol–water partition coefficient (Wildman–Crippen LogP) is 5.96. The summed E-state index contributed by atoms with van der Waals surface area (Å²) in [6, 6.07) is 25.9. The maximum Gasteiger partial charge on any atom is 0.407 e. The average molecular weight is 475 g/mol. The third-order valence-electron chi connectivity index (χ3n) is 6.41. The van der Waals surface area contributed by atoms with E-state index in [2.05, 4.69) is 5.32 Å². The monoisotopic (exact) mass is 475 g/mol. The normalized spacial score (nSPS) is 18.2. The number of ether oxygens (including phenoxy) is 2. The van der Waals surface area contributed by atoms with Gasteiger partial charge in [-0.3, -0.25) is 0 Å². The van der Waals surface area contributed by atoms with Crippen molar-refractivity contribution in [3.63, 3.8) is 0 Å². The third kappa shape index (κ3) is 4.67. The molecule has 35 heavy (non-hydrogen) atoms.